The fraction of sp³-hybridized carbons (Fsp3) is 0.571. The summed E-state index contributed by atoms with van der Waals surface area (Å²) in [6.45, 7) is 8.08. The third kappa shape index (κ3) is 2.77. The summed E-state index contributed by atoms with van der Waals surface area (Å²) in [5, 5.41) is 10.4. The molecule has 3 heterocycles. The van der Waals surface area contributed by atoms with Crippen LogP contribution in [0.1, 0.15) is 32.7 Å². The van der Waals surface area contributed by atoms with Gasteiger partial charge in [-0.2, -0.15) is 0 Å². The molecule has 1 fully saturated rings. The van der Waals surface area contributed by atoms with Crippen molar-refractivity contribution >= 4 is 11.3 Å². The van der Waals surface area contributed by atoms with Crippen LogP contribution in [0.15, 0.2) is 21.9 Å². The molecule has 5 nitrogen and oxygen atoms in total. The number of ether oxygens (including phenoxy) is 1. The molecule has 3 rings (SSSR count). The van der Waals surface area contributed by atoms with Crippen LogP contribution >= 0.6 is 11.3 Å². The molecule has 0 amide bonds. The zero-order valence-electron chi connectivity index (χ0n) is 11.9. The fourth-order valence-corrected chi connectivity index (χ4v) is 3.24. The van der Waals surface area contributed by atoms with E-state index in [1.807, 2.05) is 17.5 Å². The van der Waals surface area contributed by atoms with Crippen LogP contribution in [0, 0.1) is 0 Å². The van der Waals surface area contributed by atoms with Crippen LogP contribution in [0.5, 0.6) is 0 Å². The molecule has 2 aromatic rings. The van der Waals surface area contributed by atoms with Gasteiger partial charge in [0.2, 0.25) is 5.89 Å². The van der Waals surface area contributed by atoms with Gasteiger partial charge in [0.25, 0.3) is 5.89 Å². The Kier molecular flexibility index (Phi) is 3.87. The molecule has 20 heavy (non-hydrogen) atoms. The van der Waals surface area contributed by atoms with E-state index < -0.39 is 0 Å². The molecule has 1 saturated heterocycles. The molecule has 6 heteroatoms. The summed E-state index contributed by atoms with van der Waals surface area (Å²) in [5.41, 5.74) is 0. The Labute approximate surface area is 122 Å². The number of nitrogens with zero attached hydrogens (tertiary/aromatic N) is 3. The Bertz CT molecular complexity index is 545. The van der Waals surface area contributed by atoms with Crippen LogP contribution in [0.2, 0.25) is 0 Å². The maximum Gasteiger partial charge on any atom is 0.257 e. The van der Waals surface area contributed by atoms with Gasteiger partial charge >= 0.3 is 0 Å². The van der Waals surface area contributed by atoms with Crippen molar-refractivity contribution in [2.75, 3.05) is 13.1 Å². The smallest absolute Gasteiger partial charge is 0.257 e. The van der Waals surface area contributed by atoms with Crippen molar-refractivity contribution in [3.8, 4) is 10.8 Å². The molecule has 108 valence electrons. The van der Waals surface area contributed by atoms with Gasteiger partial charge in [0.05, 0.1) is 23.1 Å². The molecule has 1 aliphatic heterocycles. The highest BCUT2D eigenvalue weighted by Crippen LogP contribution is 2.28. The molecule has 2 aromatic heterocycles. The molecule has 0 aromatic carbocycles. The lowest BCUT2D eigenvalue weighted by molar-refractivity contribution is -0.0814. The van der Waals surface area contributed by atoms with E-state index in [0.717, 1.165) is 18.0 Å². The maximum absolute atomic E-state index is 5.82. The third-order valence-corrected chi connectivity index (χ3v) is 4.38. The van der Waals surface area contributed by atoms with Crippen molar-refractivity contribution in [1.82, 2.24) is 15.1 Å². The van der Waals surface area contributed by atoms with E-state index in [4.69, 9.17) is 9.15 Å². The summed E-state index contributed by atoms with van der Waals surface area (Å²) in [6, 6.07) is 4.09. The first-order chi connectivity index (χ1) is 9.63. The Morgan fingerprint density at radius 3 is 2.70 bits per heavy atom. The summed E-state index contributed by atoms with van der Waals surface area (Å²) < 4.78 is 11.6. The van der Waals surface area contributed by atoms with Crippen molar-refractivity contribution in [2.24, 2.45) is 0 Å². The average Bonchev–Trinajstić information content (AvgIpc) is 3.07. The quantitative estimate of drug-likeness (QED) is 0.871. The largest absolute Gasteiger partial charge is 0.418 e. The second-order valence-corrected chi connectivity index (χ2v) is 6.26. The first kappa shape index (κ1) is 13.7. The molecule has 0 unspecified atom stereocenters. The van der Waals surface area contributed by atoms with Gasteiger partial charge in [0, 0.05) is 13.1 Å². The zero-order chi connectivity index (χ0) is 14.1. The van der Waals surface area contributed by atoms with Crippen LogP contribution in [0.25, 0.3) is 10.8 Å². The summed E-state index contributed by atoms with van der Waals surface area (Å²) in [6.07, 6.45) is 0.474. The van der Waals surface area contributed by atoms with E-state index in [1.165, 1.54) is 0 Å². The minimum absolute atomic E-state index is 0.116. The first-order valence-electron chi connectivity index (χ1n) is 6.90. The number of thiophene rings is 1. The highest BCUT2D eigenvalue weighted by molar-refractivity contribution is 7.13. The van der Waals surface area contributed by atoms with E-state index in [1.54, 1.807) is 11.3 Å². The monoisotopic (exact) mass is 293 g/mol. The van der Waals surface area contributed by atoms with Crippen molar-refractivity contribution in [2.45, 2.75) is 39.0 Å². The lowest BCUT2D eigenvalue weighted by Crippen LogP contribution is -2.46. The Morgan fingerprint density at radius 1 is 1.30 bits per heavy atom. The number of aromatic nitrogens is 2. The van der Waals surface area contributed by atoms with E-state index in [0.29, 0.717) is 11.8 Å². The molecule has 0 saturated carbocycles. The summed E-state index contributed by atoms with van der Waals surface area (Å²) in [7, 11) is 0. The number of morpholine rings is 1. The van der Waals surface area contributed by atoms with Crippen molar-refractivity contribution in [1.29, 1.82) is 0 Å². The molecule has 3 atom stereocenters. The first-order valence-corrected chi connectivity index (χ1v) is 7.78. The number of hydrogen-bond acceptors (Lipinski definition) is 6. The van der Waals surface area contributed by atoms with Gasteiger partial charge in [-0.1, -0.05) is 6.07 Å². The van der Waals surface area contributed by atoms with E-state index in [9.17, 15) is 0 Å². The molecule has 1 aliphatic rings. The zero-order valence-corrected chi connectivity index (χ0v) is 12.8. The molecular formula is C14H19N3O2S. The standard InChI is InChI=1S/C14H19N3O2S/c1-9-7-17(8-10(2)18-9)11(3)13-15-16-14(19-13)12-5-4-6-20-12/h4-6,9-11H,7-8H2,1-3H3/t9-,10+,11-/m1/s1. The minimum atomic E-state index is 0.116. The molecule has 0 radical (unpaired) electrons. The van der Waals surface area contributed by atoms with Crippen LogP contribution in [-0.2, 0) is 4.74 Å². The molecule has 0 aliphatic carbocycles. The van der Waals surface area contributed by atoms with Gasteiger partial charge < -0.3 is 9.15 Å². The Morgan fingerprint density at radius 2 is 2.05 bits per heavy atom. The topological polar surface area (TPSA) is 51.4 Å². The fourth-order valence-electron chi connectivity index (χ4n) is 2.59. The van der Waals surface area contributed by atoms with Crippen LogP contribution in [-0.4, -0.2) is 40.4 Å². The lowest BCUT2D eigenvalue weighted by Gasteiger charge is -2.37. The molecular weight excluding hydrogens is 274 g/mol. The van der Waals surface area contributed by atoms with Gasteiger partial charge in [-0.15, -0.1) is 21.5 Å². The molecule has 0 spiro atoms. The van der Waals surface area contributed by atoms with Gasteiger partial charge in [0.15, 0.2) is 0 Å². The molecule has 0 bridgehead atoms. The predicted molar refractivity (Wildman–Crippen MR) is 77.6 cm³/mol. The Hall–Kier alpha value is -1.24. The van der Waals surface area contributed by atoms with E-state index in [-0.39, 0.29) is 18.2 Å². The summed E-state index contributed by atoms with van der Waals surface area (Å²) in [5.74, 6) is 1.28. The predicted octanol–water partition coefficient (Wildman–Crippen LogP) is 2.97. The van der Waals surface area contributed by atoms with Gasteiger partial charge in [-0.05, 0) is 32.2 Å². The SMILES string of the molecule is C[C@@H]1CN([C@H](C)c2nnc(-c3cccs3)o2)C[C@H](C)O1. The molecule has 0 N–H and O–H groups in total. The third-order valence-electron chi connectivity index (χ3n) is 3.53. The summed E-state index contributed by atoms with van der Waals surface area (Å²) >= 11 is 1.61. The highest BCUT2D eigenvalue weighted by atomic mass is 32.1. The van der Waals surface area contributed by atoms with Gasteiger partial charge in [0.1, 0.15) is 0 Å². The van der Waals surface area contributed by atoms with Crippen molar-refractivity contribution in [3.05, 3.63) is 23.4 Å². The summed E-state index contributed by atoms with van der Waals surface area (Å²) in [4.78, 5) is 3.35. The van der Waals surface area contributed by atoms with Crippen LogP contribution < -0.4 is 0 Å². The van der Waals surface area contributed by atoms with E-state index >= 15 is 0 Å². The highest BCUT2D eigenvalue weighted by Gasteiger charge is 2.29. The lowest BCUT2D eigenvalue weighted by atomic mass is 10.2. The van der Waals surface area contributed by atoms with Crippen molar-refractivity contribution < 1.29 is 9.15 Å². The maximum atomic E-state index is 5.82. The minimum Gasteiger partial charge on any atom is -0.418 e. The van der Waals surface area contributed by atoms with E-state index in [2.05, 4.69) is 35.9 Å². The van der Waals surface area contributed by atoms with Gasteiger partial charge in [-0.25, -0.2) is 0 Å². The van der Waals surface area contributed by atoms with Crippen LogP contribution in [0.3, 0.4) is 0 Å². The number of rotatable bonds is 3. The normalized spacial score (nSPS) is 25.8. The van der Waals surface area contributed by atoms with Crippen molar-refractivity contribution in [3.63, 3.8) is 0 Å². The Balaban J connectivity index is 1.75. The average molecular weight is 293 g/mol. The second kappa shape index (κ2) is 5.63. The second-order valence-electron chi connectivity index (χ2n) is 5.31. The van der Waals surface area contributed by atoms with Crippen LogP contribution in [0.4, 0.5) is 0 Å². The number of hydrogen-bond donors (Lipinski definition) is 0. The van der Waals surface area contributed by atoms with Gasteiger partial charge in [-0.3, -0.25) is 4.90 Å².